The summed E-state index contributed by atoms with van der Waals surface area (Å²) < 4.78 is 3.48. The molecule has 0 fully saturated rings. The number of aromatic nitrogens is 3. The van der Waals surface area contributed by atoms with Crippen molar-refractivity contribution in [2.75, 3.05) is 0 Å². The summed E-state index contributed by atoms with van der Waals surface area (Å²) in [5.74, 6) is -0.0303. The minimum atomic E-state index is -0.0303. The number of nitrogens with zero attached hydrogens (tertiary/aromatic N) is 3. The highest BCUT2D eigenvalue weighted by Gasteiger charge is 2.16. The summed E-state index contributed by atoms with van der Waals surface area (Å²) in [5, 5.41) is 5.53. The lowest BCUT2D eigenvalue weighted by Gasteiger charge is -2.06. The van der Waals surface area contributed by atoms with Crippen molar-refractivity contribution in [2.24, 2.45) is 0 Å². The standard InChI is InChI=1S/C18H19N3O/c1-4-7-16-13(2)19-21(14(16)3)18(22)12-20-11-10-15-8-5-6-9-17(15)20/h4-6,8-11H,1,7,12H2,2-3H3. The van der Waals surface area contributed by atoms with Gasteiger partial charge in [0.2, 0.25) is 0 Å². The lowest BCUT2D eigenvalue weighted by molar-refractivity contribution is 0.0874. The van der Waals surface area contributed by atoms with Crippen molar-refractivity contribution in [2.45, 2.75) is 26.8 Å². The van der Waals surface area contributed by atoms with E-state index >= 15 is 0 Å². The molecule has 0 saturated heterocycles. The molecule has 0 aliphatic heterocycles. The number of carbonyl (C=O) groups excluding carboxylic acids is 1. The number of rotatable bonds is 4. The Morgan fingerprint density at radius 2 is 2.05 bits per heavy atom. The highest BCUT2D eigenvalue weighted by molar-refractivity contribution is 5.84. The highest BCUT2D eigenvalue weighted by Crippen LogP contribution is 2.17. The molecular formula is C18H19N3O. The van der Waals surface area contributed by atoms with E-state index in [1.807, 2.05) is 61.0 Å². The van der Waals surface area contributed by atoms with Crippen LogP contribution in [0.4, 0.5) is 0 Å². The molecular weight excluding hydrogens is 274 g/mol. The van der Waals surface area contributed by atoms with Gasteiger partial charge < -0.3 is 4.57 Å². The number of hydrogen-bond acceptors (Lipinski definition) is 2. The van der Waals surface area contributed by atoms with Crippen molar-refractivity contribution < 1.29 is 4.79 Å². The maximum atomic E-state index is 12.6. The van der Waals surface area contributed by atoms with Gasteiger partial charge in [0, 0.05) is 23.0 Å². The molecule has 4 heteroatoms. The van der Waals surface area contributed by atoms with Crippen LogP contribution in [0.2, 0.25) is 0 Å². The van der Waals surface area contributed by atoms with Gasteiger partial charge in [-0.1, -0.05) is 24.3 Å². The molecule has 0 aliphatic carbocycles. The van der Waals surface area contributed by atoms with Gasteiger partial charge in [-0.25, -0.2) is 4.68 Å². The fraction of sp³-hybridized carbons (Fsp3) is 0.222. The van der Waals surface area contributed by atoms with Crippen LogP contribution in [-0.2, 0) is 13.0 Å². The normalized spacial score (nSPS) is 11.0. The van der Waals surface area contributed by atoms with Gasteiger partial charge in [0.15, 0.2) is 0 Å². The number of carbonyl (C=O) groups is 1. The maximum Gasteiger partial charge on any atom is 0.267 e. The SMILES string of the molecule is C=CCc1c(C)nn(C(=O)Cn2ccc3ccccc32)c1C. The molecule has 0 aliphatic rings. The second-order valence-electron chi connectivity index (χ2n) is 5.45. The monoisotopic (exact) mass is 293 g/mol. The Bertz CT molecular complexity index is 854. The van der Waals surface area contributed by atoms with Crippen molar-refractivity contribution in [1.29, 1.82) is 0 Å². The number of fused-ring (bicyclic) bond motifs is 1. The van der Waals surface area contributed by atoms with E-state index in [1.165, 1.54) is 4.68 Å². The molecule has 0 unspecified atom stereocenters. The molecule has 22 heavy (non-hydrogen) atoms. The summed E-state index contributed by atoms with van der Waals surface area (Å²) in [6, 6.07) is 10.1. The molecule has 0 bridgehead atoms. The smallest absolute Gasteiger partial charge is 0.267 e. The predicted octanol–water partition coefficient (Wildman–Crippen LogP) is 3.52. The Balaban J connectivity index is 1.92. The average molecular weight is 293 g/mol. The maximum absolute atomic E-state index is 12.6. The number of para-hydroxylation sites is 1. The molecule has 4 nitrogen and oxygen atoms in total. The van der Waals surface area contributed by atoms with Gasteiger partial charge in [0.1, 0.15) is 6.54 Å². The number of hydrogen-bond donors (Lipinski definition) is 0. The Morgan fingerprint density at radius 3 is 2.82 bits per heavy atom. The van der Waals surface area contributed by atoms with Crippen molar-refractivity contribution in [3.05, 3.63) is 66.1 Å². The Hall–Kier alpha value is -2.62. The zero-order valence-corrected chi connectivity index (χ0v) is 12.9. The molecule has 0 saturated carbocycles. The van der Waals surface area contributed by atoms with Gasteiger partial charge >= 0.3 is 0 Å². The highest BCUT2D eigenvalue weighted by atomic mass is 16.2. The van der Waals surface area contributed by atoms with E-state index in [2.05, 4.69) is 11.7 Å². The molecule has 3 rings (SSSR count). The van der Waals surface area contributed by atoms with Crippen LogP contribution in [0.15, 0.2) is 49.2 Å². The van der Waals surface area contributed by atoms with Crippen molar-refractivity contribution in [3.63, 3.8) is 0 Å². The zero-order valence-electron chi connectivity index (χ0n) is 12.9. The largest absolute Gasteiger partial charge is 0.338 e. The third-order valence-corrected chi connectivity index (χ3v) is 4.01. The second-order valence-corrected chi connectivity index (χ2v) is 5.45. The van der Waals surface area contributed by atoms with E-state index in [-0.39, 0.29) is 12.5 Å². The molecule has 0 N–H and O–H groups in total. The van der Waals surface area contributed by atoms with E-state index in [0.29, 0.717) is 0 Å². The molecule has 0 radical (unpaired) electrons. The first-order chi connectivity index (χ1) is 10.6. The average Bonchev–Trinajstić information content (AvgIpc) is 3.04. The molecule has 0 amide bonds. The number of allylic oxidation sites excluding steroid dienone is 1. The van der Waals surface area contributed by atoms with Gasteiger partial charge in [-0.15, -0.1) is 6.58 Å². The van der Waals surface area contributed by atoms with Gasteiger partial charge in [-0.05, 0) is 37.8 Å². The number of benzene rings is 1. The van der Waals surface area contributed by atoms with Crippen LogP contribution >= 0.6 is 0 Å². The minimum Gasteiger partial charge on any atom is -0.338 e. The third kappa shape index (κ3) is 2.37. The summed E-state index contributed by atoms with van der Waals surface area (Å²) in [5.41, 5.74) is 3.94. The Morgan fingerprint density at radius 1 is 1.27 bits per heavy atom. The van der Waals surface area contributed by atoms with Crippen LogP contribution in [0.25, 0.3) is 10.9 Å². The van der Waals surface area contributed by atoms with Gasteiger partial charge in [0.25, 0.3) is 5.91 Å². The van der Waals surface area contributed by atoms with Crippen LogP contribution < -0.4 is 0 Å². The van der Waals surface area contributed by atoms with E-state index in [0.717, 1.165) is 34.3 Å². The number of aryl methyl sites for hydroxylation is 1. The fourth-order valence-electron chi connectivity index (χ4n) is 2.85. The Kier molecular flexibility index (Phi) is 3.67. The zero-order chi connectivity index (χ0) is 15.7. The van der Waals surface area contributed by atoms with Gasteiger partial charge in [-0.3, -0.25) is 4.79 Å². The van der Waals surface area contributed by atoms with Crippen LogP contribution in [-0.4, -0.2) is 20.3 Å². The van der Waals surface area contributed by atoms with Crippen LogP contribution in [0, 0.1) is 13.8 Å². The molecule has 2 aromatic heterocycles. The summed E-state index contributed by atoms with van der Waals surface area (Å²) in [6.45, 7) is 7.91. The summed E-state index contributed by atoms with van der Waals surface area (Å²) >= 11 is 0. The van der Waals surface area contributed by atoms with Crippen molar-refractivity contribution in [1.82, 2.24) is 14.3 Å². The van der Waals surface area contributed by atoms with Crippen molar-refractivity contribution >= 4 is 16.8 Å². The lowest BCUT2D eigenvalue weighted by Crippen LogP contribution is -2.20. The first-order valence-corrected chi connectivity index (χ1v) is 7.35. The lowest BCUT2D eigenvalue weighted by atomic mass is 10.1. The topological polar surface area (TPSA) is 39.8 Å². The Labute approximate surface area is 129 Å². The minimum absolute atomic E-state index is 0.0303. The van der Waals surface area contributed by atoms with E-state index in [9.17, 15) is 4.79 Å². The van der Waals surface area contributed by atoms with E-state index < -0.39 is 0 Å². The third-order valence-electron chi connectivity index (χ3n) is 4.01. The predicted molar refractivity (Wildman–Crippen MR) is 88.2 cm³/mol. The first kappa shape index (κ1) is 14.3. The summed E-state index contributed by atoms with van der Waals surface area (Å²) in [6.07, 6.45) is 4.52. The molecule has 2 heterocycles. The fourth-order valence-corrected chi connectivity index (χ4v) is 2.85. The summed E-state index contributed by atoms with van der Waals surface area (Å²) in [7, 11) is 0. The molecule has 3 aromatic rings. The quantitative estimate of drug-likeness (QED) is 0.690. The van der Waals surface area contributed by atoms with Crippen LogP contribution in [0.5, 0.6) is 0 Å². The summed E-state index contributed by atoms with van der Waals surface area (Å²) in [4.78, 5) is 12.6. The van der Waals surface area contributed by atoms with Gasteiger partial charge in [0.05, 0.1) is 5.69 Å². The first-order valence-electron chi connectivity index (χ1n) is 7.35. The van der Waals surface area contributed by atoms with E-state index in [1.54, 1.807) is 0 Å². The second kappa shape index (κ2) is 5.64. The van der Waals surface area contributed by atoms with Crippen LogP contribution in [0.1, 0.15) is 21.7 Å². The molecule has 0 atom stereocenters. The van der Waals surface area contributed by atoms with Crippen LogP contribution in [0.3, 0.4) is 0 Å². The van der Waals surface area contributed by atoms with Gasteiger partial charge in [-0.2, -0.15) is 5.10 Å². The van der Waals surface area contributed by atoms with E-state index in [4.69, 9.17) is 0 Å². The molecule has 0 spiro atoms. The molecule has 112 valence electrons. The molecule has 1 aromatic carbocycles. The van der Waals surface area contributed by atoms with Crippen molar-refractivity contribution in [3.8, 4) is 0 Å².